The van der Waals surface area contributed by atoms with Crippen LogP contribution in [-0.4, -0.2) is 10.9 Å². The summed E-state index contributed by atoms with van der Waals surface area (Å²) in [4.78, 5) is 2.60. The Labute approximate surface area is 145 Å². The number of nitrogens with zero attached hydrogens (tertiary/aromatic N) is 1. The normalized spacial score (nSPS) is 22.4. The third-order valence-corrected chi connectivity index (χ3v) is 5.24. The van der Waals surface area contributed by atoms with Crippen molar-refractivity contribution >= 4 is 5.70 Å². The van der Waals surface area contributed by atoms with Crippen molar-refractivity contribution in [3.63, 3.8) is 0 Å². The Morgan fingerprint density at radius 1 is 1.00 bits per heavy atom. The molecule has 0 aromatic heterocycles. The van der Waals surface area contributed by atoms with E-state index in [4.69, 9.17) is 0 Å². The quantitative estimate of drug-likeness (QED) is 0.683. The van der Waals surface area contributed by atoms with Crippen molar-refractivity contribution in [3.05, 3.63) is 89.2 Å². The van der Waals surface area contributed by atoms with Crippen LogP contribution in [0.25, 0.3) is 5.70 Å². The predicted molar refractivity (Wildman–Crippen MR) is 102 cm³/mol. The molecule has 1 atom stereocenters. The molecule has 0 saturated heterocycles. The average Bonchev–Trinajstić information content (AvgIpc) is 2.65. The first-order valence-corrected chi connectivity index (χ1v) is 9.10. The van der Waals surface area contributed by atoms with Gasteiger partial charge < -0.3 is 4.90 Å². The number of fused-ring (bicyclic) bond motifs is 1. The lowest BCUT2D eigenvalue weighted by Crippen LogP contribution is -2.33. The monoisotopic (exact) mass is 315 g/mol. The van der Waals surface area contributed by atoms with E-state index in [1.807, 2.05) is 0 Å². The van der Waals surface area contributed by atoms with Gasteiger partial charge in [0.2, 0.25) is 0 Å². The summed E-state index contributed by atoms with van der Waals surface area (Å²) in [5.41, 5.74) is 7.24. The van der Waals surface area contributed by atoms with Crippen LogP contribution < -0.4 is 0 Å². The average molecular weight is 315 g/mol. The third kappa shape index (κ3) is 2.91. The van der Waals surface area contributed by atoms with Gasteiger partial charge in [0.1, 0.15) is 0 Å². The summed E-state index contributed by atoms with van der Waals surface area (Å²) in [5, 5.41) is 0. The van der Waals surface area contributed by atoms with Crippen LogP contribution in [-0.2, 0) is 6.42 Å². The molecule has 0 amide bonds. The number of hydrogen-bond acceptors (Lipinski definition) is 1. The summed E-state index contributed by atoms with van der Waals surface area (Å²) >= 11 is 0. The summed E-state index contributed by atoms with van der Waals surface area (Å²) in [6.45, 7) is 2.23. The molecular weight excluding hydrogens is 290 g/mol. The highest BCUT2D eigenvalue weighted by molar-refractivity contribution is 5.71. The Morgan fingerprint density at radius 2 is 1.92 bits per heavy atom. The van der Waals surface area contributed by atoms with Crippen molar-refractivity contribution in [2.45, 2.75) is 45.1 Å². The van der Waals surface area contributed by atoms with Gasteiger partial charge in [-0.3, -0.25) is 0 Å². The van der Waals surface area contributed by atoms with Crippen LogP contribution >= 0.6 is 0 Å². The molecule has 0 N–H and O–H groups in total. The minimum atomic E-state index is 0.422. The van der Waals surface area contributed by atoms with E-state index in [9.17, 15) is 0 Å². The zero-order valence-electron chi connectivity index (χ0n) is 14.4. The molecular formula is C23H25N. The maximum absolute atomic E-state index is 2.60. The summed E-state index contributed by atoms with van der Waals surface area (Å²) in [6, 6.07) is 9.34. The molecule has 4 rings (SSSR count). The lowest BCUT2D eigenvalue weighted by atomic mass is 9.91. The molecule has 1 aromatic carbocycles. The van der Waals surface area contributed by atoms with Crippen molar-refractivity contribution < 1.29 is 0 Å². The lowest BCUT2D eigenvalue weighted by molar-refractivity contribution is 0.394. The van der Waals surface area contributed by atoms with E-state index in [0.717, 1.165) is 25.7 Å². The minimum Gasteiger partial charge on any atom is -0.338 e. The molecule has 0 fully saturated rings. The largest absolute Gasteiger partial charge is 0.338 e. The van der Waals surface area contributed by atoms with E-state index in [1.165, 1.54) is 34.5 Å². The molecule has 24 heavy (non-hydrogen) atoms. The molecule has 3 aliphatic rings. The van der Waals surface area contributed by atoms with Gasteiger partial charge in [0, 0.05) is 17.0 Å². The molecule has 1 aromatic rings. The van der Waals surface area contributed by atoms with Crippen molar-refractivity contribution in [2.75, 3.05) is 0 Å². The Hall–Kier alpha value is -2.28. The molecule has 0 saturated carbocycles. The van der Waals surface area contributed by atoms with Gasteiger partial charge in [0.25, 0.3) is 0 Å². The van der Waals surface area contributed by atoms with Crippen molar-refractivity contribution in [1.29, 1.82) is 0 Å². The first kappa shape index (κ1) is 15.3. The third-order valence-electron chi connectivity index (χ3n) is 5.24. The zero-order chi connectivity index (χ0) is 16.4. The van der Waals surface area contributed by atoms with Gasteiger partial charge in [0.05, 0.1) is 6.04 Å². The van der Waals surface area contributed by atoms with Gasteiger partial charge >= 0.3 is 0 Å². The smallest absolute Gasteiger partial charge is 0.0556 e. The van der Waals surface area contributed by atoms with Gasteiger partial charge in [-0.05, 0) is 50.7 Å². The Kier molecular flexibility index (Phi) is 4.25. The first-order valence-electron chi connectivity index (χ1n) is 9.10. The minimum absolute atomic E-state index is 0.422. The van der Waals surface area contributed by atoms with Crippen LogP contribution in [0.4, 0.5) is 0 Å². The Morgan fingerprint density at radius 3 is 2.71 bits per heavy atom. The highest BCUT2D eigenvalue weighted by Crippen LogP contribution is 2.37. The number of hydrogen-bond donors (Lipinski definition) is 0. The van der Waals surface area contributed by atoms with Crippen molar-refractivity contribution in [2.24, 2.45) is 0 Å². The van der Waals surface area contributed by atoms with Gasteiger partial charge in [-0.15, -0.1) is 0 Å². The Balaban J connectivity index is 1.77. The second kappa shape index (κ2) is 6.68. The van der Waals surface area contributed by atoms with Crippen molar-refractivity contribution in [1.82, 2.24) is 4.90 Å². The summed E-state index contributed by atoms with van der Waals surface area (Å²) < 4.78 is 0. The lowest BCUT2D eigenvalue weighted by Gasteiger charge is -2.39. The fourth-order valence-electron chi connectivity index (χ4n) is 3.93. The van der Waals surface area contributed by atoms with Gasteiger partial charge in [-0.25, -0.2) is 0 Å². The van der Waals surface area contributed by atoms with E-state index in [2.05, 4.69) is 78.6 Å². The van der Waals surface area contributed by atoms with Crippen LogP contribution in [0.3, 0.4) is 0 Å². The topological polar surface area (TPSA) is 3.24 Å². The standard InChI is InChI=1S/C23H25N/c1-18-14-16-21(17-15-18)24(20-10-3-2-4-11-20)23-13-7-9-19-8-5-6-12-22(19)23/h2-6,8,10,12-14,16,20H,7,9,11,15,17H2,1H3. The molecule has 1 unspecified atom stereocenters. The predicted octanol–water partition coefficient (Wildman–Crippen LogP) is 5.78. The summed E-state index contributed by atoms with van der Waals surface area (Å²) in [5.74, 6) is 0. The fraction of sp³-hybridized carbons (Fsp3) is 0.304. The Bertz CT molecular complexity index is 773. The first-order chi connectivity index (χ1) is 11.8. The molecule has 1 nitrogen and oxygen atoms in total. The van der Waals surface area contributed by atoms with E-state index >= 15 is 0 Å². The number of allylic oxidation sites excluding steroid dienone is 7. The number of benzene rings is 1. The van der Waals surface area contributed by atoms with E-state index in [0.29, 0.717) is 6.04 Å². The molecule has 0 radical (unpaired) electrons. The molecule has 0 spiro atoms. The SMILES string of the molecule is CC1=CC=C(N(C2=CCCc3ccccc32)C2C=CC=CC2)CC1. The van der Waals surface area contributed by atoms with E-state index in [1.54, 1.807) is 0 Å². The number of rotatable bonds is 3. The van der Waals surface area contributed by atoms with Crippen LogP contribution in [0.5, 0.6) is 0 Å². The summed E-state index contributed by atoms with van der Waals surface area (Å²) in [7, 11) is 0. The van der Waals surface area contributed by atoms with Crippen LogP contribution in [0.1, 0.15) is 43.7 Å². The highest BCUT2D eigenvalue weighted by atomic mass is 15.2. The second-order valence-corrected chi connectivity index (χ2v) is 6.94. The van der Waals surface area contributed by atoms with Gasteiger partial charge in [-0.2, -0.15) is 0 Å². The number of aryl methyl sites for hydroxylation is 1. The molecule has 3 aliphatic carbocycles. The van der Waals surface area contributed by atoms with Crippen molar-refractivity contribution in [3.8, 4) is 0 Å². The molecule has 122 valence electrons. The van der Waals surface area contributed by atoms with Crippen LogP contribution in [0.2, 0.25) is 0 Å². The van der Waals surface area contributed by atoms with E-state index in [-0.39, 0.29) is 0 Å². The zero-order valence-corrected chi connectivity index (χ0v) is 14.4. The molecule has 0 heterocycles. The fourth-order valence-corrected chi connectivity index (χ4v) is 3.93. The van der Waals surface area contributed by atoms with Crippen LogP contribution in [0, 0.1) is 0 Å². The molecule has 0 aliphatic heterocycles. The maximum atomic E-state index is 2.60. The summed E-state index contributed by atoms with van der Waals surface area (Å²) in [6.07, 6.45) is 21.8. The van der Waals surface area contributed by atoms with Crippen LogP contribution in [0.15, 0.2) is 78.1 Å². The van der Waals surface area contributed by atoms with Gasteiger partial charge in [-0.1, -0.05) is 66.3 Å². The highest BCUT2D eigenvalue weighted by Gasteiger charge is 2.26. The van der Waals surface area contributed by atoms with E-state index < -0.39 is 0 Å². The maximum Gasteiger partial charge on any atom is 0.0556 e. The van der Waals surface area contributed by atoms with Gasteiger partial charge in [0.15, 0.2) is 0 Å². The molecule has 0 bridgehead atoms. The second-order valence-electron chi connectivity index (χ2n) is 6.94. The molecule has 1 heteroatoms.